The van der Waals surface area contributed by atoms with Crippen molar-refractivity contribution in [1.29, 1.82) is 0 Å². The second-order valence-corrected chi connectivity index (χ2v) is 8.05. The Balaban J connectivity index is 1.17. The van der Waals surface area contributed by atoms with E-state index in [2.05, 4.69) is 9.88 Å². The fraction of sp³-hybridized carbons (Fsp3) is 0.391. The smallest absolute Gasteiger partial charge is 0.326 e. The second kappa shape index (κ2) is 7.99. The SMILES string of the molecule is O=C1COc2ccccc2N1CCCN1CCC(n2c(=O)[nH]c3ccccc32)CC1. The summed E-state index contributed by atoms with van der Waals surface area (Å²) in [6.07, 6.45) is 2.83. The molecule has 1 saturated heterocycles. The highest BCUT2D eigenvalue weighted by atomic mass is 16.5. The molecule has 0 atom stereocenters. The fourth-order valence-electron chi connectivity index (χ4n) is 4.69. The summed E-state index contributed by atoms with van der Waals surface area (Å²) in [7, 11) is 0. The Morgan fingerprint density at radius 3 is 2.60 bits per heavy atom. The van der Waals surface area contributed by atoms with E-state index in [9.17, 15) is 9.59 Å². The number of hydrogen-bond acceptors (Lipinski definition) is 4. The molecule has 0 aliphatic carbocycles. The number of aromatic nitrogens is 2. The standard InChI is InChI=1S/C23H26N4O3/c28-22-16-30-21-9-4-3-8-20(21)26(22)13-5-12-25-14-10-17(11-15-25)27-19-7-2-1-6-18(19)24-23(27)29/h1-4,6-9,17H,5,10-16H2,(H,24,29). The molecule has 0 radical (unpaired) electrons. The minimum atomic E-state index is -0.0147. The zero-order valence-corrected chi connectivity index (χ0v) is 16.9. The lowest BCUT2D eigenvalue weighted by molar-refractivity contribution is -0.121. The van der Waals surface area contributed by atoms with E-state index in [0.717, 1.165) is 61.4 Å². The summed E-state index contributed by atoms with van der Waals surface area (Å²) in [6, 6.07) is 15.8. The number of ether oxygens (including phenoxy) is 1. The quantitative estimate of drug-likeness (QED) is 0.707. The number of carbonyl (C=O) groups is 1. The molecular weight excluding hydrogens is 380 g/mol. The number of H-pyrrole nitrogens is 1. The first-order valence-electron chi connectivity index (χ1n) is 10.6. The van der Waals surface area contributed by atoms with Crippen LogP contribution in [0.1, 0.15) is 25.3 Å². The molecule has 156 valence electrons. The molecule has 1 aromatic heterocycles. The number of imidazole rings is 1. The van der Waals surface area contributed by atoms with E-state index in [1.165, 1.54) is 0 Å². The van der Waals surface area contributed by atoms with Crippen molar-refractivity contribution in [3.8, 4) is 5.75 Å². The lowest BCUT2D eigenvalue weighted by Crippen LogP contribution is -2.41. The van der Waals surface area contributed by atoms with Gasteiger partial charge in [0, 0.05) is 25.7 Å². The number of nitrogens with one attached hydrogen (secondary N) is 1. The number of nitrogens with zero attached hydrogens (tertiary/aromatic N) is 3. The van der Waals surface area contributed by atoms with Gasteiger partial charge in [0.05, 0.1) is 16.7 Å². The third kappa shape index (κ3) is 3.50. The molecule has 3 heterocycles. The first-order chi connectivity index (χ1) is 14.7. The average molecular weight is 406 g/mol. The highest BCUT2D eigenvalue weighted by molar-refractivity contribution is 5.97. The van der Waals surface area contributed by atoms with E-state index in [1.54, 1.807) is 0 Å². The van der Waals surface area contributed by atoms with Gasteiger partial charge in [0.2, 0.25) is 0 Å². The van der Waals surface area contributed by atoms with Gasteiger partial charge < -0.3 is 19.5 Å². The molecular formula is C23H26N4O3. The predicted octanol–water partition coefficient (Wildman–Crippen LogP) is 2.78. The van der Waals surface area contributed by atoms with Crippen molar-refractivity contribution in [2.45, 2.75) is 25.3 Å². The maximum atomic E-state index is 12.4. The molecule has 0 bridgehead atoms. The van der Waals surface area contributed by atoms with Crippen LogP contribution in [0.5, 0.6) is 5.75 Å². The molecule has 1 amide bonds. The lowest BCUT2D eigenvalue weighted by Gasteiger charge is -2.34. The van der Waals surface area contributed by atoms with Crippen LogP contribution in [-0.4, -0.2) is 53.1 Å². The monoisotopic (exact) mass is 406 g/mol. The van der Waals surface area contributed by atoms with Gasteiger partial charge in [0.15, 0.2) is 6.61 Å². The van der Waals surface area contributed by atoms with Crippen molar-refractivity contribution in [2.24, 2.45) is 0 Å². The molecule has 3 aromatic rings. The van der Waals surface area contributed by atoms with Gasteiger partial charge in [-0.3, -0.25) is 9.36 Å². The number of likely N-dealkylation sites (tertiary alicyclic amines) is 1. The molecule has 0 saturated carbocycles. The second-order valence-electron chi connectivity index (χ2n) is 8.05. The average Bonchev–Trinajstić information content (AvgIpc) is 3.11. The maximum Gasteiger partial charge on any atom is 0.326 e. The third-order valence-corrected chi connectivity index (χ3v) is 6.21. The highest BCUT2D eigenvalue weighted by Crippen LogP contribution is 2.31. The molecule has 1 N–H and O–H groups in total. The number of rotatable bonds is 5. The Morgan fingerprint density at radius 2 is 1.73 bits per heavy atom. The van der Waals surface area contributed by atoms with Crippen molar-refractivity contribution >= 4 is 22.6 Å². The van der Waals surface area contributed by atoms with Crippen molar-refractivity contribution in [2.75, 3.05) is 37.7 Å². The highest BCUT2D eigenvalue weighted by Gasteiger charge is 2.26. The Labute approximate surface area is 174 Å². The summed E-state index contributed by atoms with van der Waals surface area (Å²) in [6.45, 7) is 3.68. The van der Waals surface area contributed by atoms with Crippen molar-refractivity contribution < 1.29 is 9.53 Å². The van der Waals surface area contributed by atoms with Crippen LogP contribution < -0.4 is 15.3 Å². The van der Waals surface area contributed by atoms with Crippen LogP contribution in [0.25, 0.3) is 11.0 Å². The summed E-state index contributed by atoms with van der Waals surface area (Å²) in [5.74, 6) is 0.799. The van der Waals surface area contributed by atoms with E-state index < -0.39 is 0 Å². The van der Waals surface area contributed by atoms with Crippen LogP contribution in [0.2, 0.25) is 0 Å². The Kier molecular flexibility index (Phi) is 5.04. The summed E-state index contributed by atoms with van der Waals surface area (Å²) in [5, 5.41) is 0. The first kappa shape index (κ1) is 18.9. The number of aromatic amines is 1. The van der Waals surface area contributed by atoms with Gasteiger partial charge in [-0.25, -0.2) is 4.79 Å². The van der Waals surface area contributed by atoms with Crippen LogP contribution in [0.3, 0.4) is 0 Å². The molecule has 2 aliphatic rings. The number of amides is 1. The van der Waals surface area contributed by atoms with Crippen LogP contribution in [0.4, 0.5) is 5.69 Å². The maximum absolute atomic E-state index is 12.4. The number of piperidine rings is 1. The molecule has 7 nitrogen and oxygen atoms in total. The third-order valence-electron chi connectivity index (χ3n) is 6.21. The van der Waals surface area contributed by atoms with Crippen molar-refractivity contribution in [3.63, 3.8) is 0 Å². The lowest BCUT2D eigenvalue weighted by atomic mass is 10.0. The normalized spacial score (nSPS) is 17.9. The number of anilines is 1. The predicted molar refractivity (Wildman–Crippen MR) is 116 cm³/mol. The number of fused-ring (bicyclic) bond motifs is 2. The number of hydrogen-bond donors (Lipinski definition) is 1. The molecule has 0 spiro atoms. The number of para-hydroxylation sites is 4. The van der Waals surface area contributed by atoms with Crippen LogP contribution in [0.15, 0.2) is 53.3 Å². The zero-order chi connectivity index (χ0) is 20.5. The Morgan fingerprint density at radius 1 is 0.967 bits per heavy atom. The number of carbonyl (C=O) groups excluding carboxylic acids is 1. The molecule has 1 fully saturated rings. The van der Waals surface area contributed by atoms with Gasteiger partial charge >= 0.3 is 5.69 Å². The molecule has 5 rings (SSSR count). The zero-order valence-electron chi connectivity index (χ0n) is 16.9. The first-order valence-corrected chi connectivity index (χ1v) is 10.6. The number of benzene rings is 2. The largest absolute Gasteiger partial charge is 0.482 e. The van der Waals surface area contributed by atoms with E-state index in [0.29, 0.717) is 6.54 Å². The molecule has 2 aromatic carbocycles. The topological polar surface area (TPSA) is 70.6 Å². The molecule has 0 unspecified atom stereocenters. The van der Waals surface area contributed by atoms with E-state index >= 15 is 0 Å². The van der Waals surface area contributed by atoms with Crippen LogP contribution in [0, 0.1) is 0 Å². The minimum Gasteiger partial charge on any atom is -0.482 e. The van der Waals surface area contributed by atoms with Crippen molar-refractivity contribution in [3.05, 3.63) is 59.0 Å². The van der Waals surface area contributed by atoms with Gasteiger partial charge in [-0.1, -0.05) is 24.3 Å². The molecule has 30 heavy (non-hydrogen) atoms. The molecule has 2 aliphatic heterocycles. The van der Waals surface area contributed by atoms with Gasteiger partial charge in [-0.2, -0.15) is 0 Å². The van der Waals surface area contributed by atoms with E-state index in [1.807, 2.05) is 58.0 Å². The Bertz CT molecular complexity index is 1110. The Hall–Kier alpha value is -3.06. The minimum absolute atomic E-state index is 0.0147. The summed E-state index contributed by atoms with van der Waals surface area (Å²) < 4.78 is 7.44. The molecule has 7 heteroatoms. The van der Waals surface area contributed by atoms with E-state index in [4.69, 9.17) is 4.74 Å². The van der Waals surface area contributed by atoms with Gasteiger partial charge in [0.1, 0.15) is 5.75 Å². The summed E-state index contributed by atoms with van der Waals surface area (Å²) in [4.78, 5) is 32.0. The van der Waals surface area contributed by atoms with E-state index in [-0.39, 0.29) is 24.2 Å². The van der Waals surface area contributed by atoms with Crippen LogP contribution in [-0.2, 0) is 4.79 Å². The van der Waals surface area contributed by atoms with Gasteiger partial charge in [-0.15, -0.1) is 0 Å². The van der Waals surface area contributed by atoms with Gasteiger partial charge in [-0.05, 0) is 50.1 Å². The van der Waals surface area contributed by atoms with Crippen LogP contribution >= 0.6 is 0 Å². The van der Waals surface area contributed by atoms with Gasteiger partial charge in [0.25, 0.3) is 5.91 Å². The fourth-order valence-corrected chi connectivity index (χ4v) is 4.69. The summed E-state index contributed by atoms with van der Waals surface area (Å²) in [5.41, 5.74) is 2.75. The van der Waals surface area contributed by atoms with Crippen molar-refractivity contribution in [1.82, 2.24) is 14.5 Å². The summed E-state index contributed by atoms with van der Waals surface area (Å²) >= 11 is 0.